The van der Waals surface area contributed by atoms with Gasteiger partial charge in [0.25, 0.3) is 0 Å². The fourth-order valence-corrected chi connectivity index (χ4v) is 19.1. The van der Waals surface area contributed by atoms with E-state index in [1.165, 1.54) is 71.3 Å². The van der Waals surface area contributed by atoms with E-state index in [4.69, 9.17) is 52.5 Å². The third-order valence-corrected chi connectivity index (χ3v) is 27.0. The number of alkyl carbamates (subject to hydrolysis) is 1. The number of allylic oxidation sites excluding steroid dienone is 3. The zero-order chi connectivity index (χ0) is 88.9. The zero-order valence-electron chi connectivity index (χ0n) is 69.2. The minimum atomic E-state index is -1.95. The number of fused-ring (bicyclic) bond motifs is 6. The van der Waals surface area contributed by atoms with Gasteiger partial charge in [-0.05, 0) is 119 Å². The molecule has 0 spiro atoms. The van der Waals surface area contributed by atoms with Gasteiger partial charge in [0, 0.05) is 92.9 Å². The number of halogens is 1. The van der Waals surface area contributed by atoms with Gasteiger partial charge in [0.05, 0.1) is 37.5 Å². The number of hydrogen-bond donors (Lipinski definition) is 15. The monoisotopic (exact) mass is 1780 g/mol. The summed E-state index contributed by atoms with van der Waals surface area (Å²) in [5.74, 6) is -10.8. The molecule has 1 aromatic heterocycles. The number of esters is 1. The van der Waals surface area contributed by atoms with Gasteiger partial charge in [-0.1, -0.05) is 146 Å². The van der Waals surface area contributed by atoms with Crippen LogP contribution in [0.1, 0.15) is 95.4 Å². The molecule has 4 aliphatic heterocycles. The van der Waals surface area contributed by atoms with E-state index < -0.39 is 180 Å². The highest BCUT2D eigenvalue weighted by Gasteiger charge is 2.65. The van der Waals surface area contributed by atoms with Crippen LogP contribution in [-0.2, 0) is 97.4 Å². The number of unbranched alkanes of at least 4 members (excludes halogenated alkanes) is 1. The van der Waals surface area contributed by atoms with Crippen molar-refractivity contribution in [2.75, 3.05) is 62.8 Å². The molecule has 662 valence electrons. The van der Waals surface area contributed by atoms with E-state index in [0.717, 1.165) is 53.6 Å². The van der Waals surface area contributed by atoms with Crippen molar-refractivity contribution in [2.24, 2.45) is 23.1 Å². The Hall–Kier alpha value is -9.61. The fraction of sp³-hybridized carbons (Fsp3) is 0.494. The number of aromatic amines is 1. The Morgan fingerprint density at radius 1 is 0.844 bits per heavy atom. The molecule has 5 heterocycles. The molecule has 4 aromatic carbocycles. The SMILES string of the molecule is COc1cc2cc(c1Cl)N(C)C(=O)C[C@H](OC(=O)[C@H](C)N(C)C(=O)CCSSC[C@H](NC(=O)C1CSSCC(NC(=O)[C@H](N)Cc3ccccc3)C(=O)NC(Cc3ccc(O)cc3)C(=O)N[C@H](Cc3c[nH]c4ccccc34)C(=O)NC(CCCCN)C(=O)N[C@@H]([C@@H](C)O)C(=O)N1)C(N)=O)[C@]1(C)O[C@H]1[C@H](C)[C@@H]1C[C@@](O)(NC(=O)O1)[C@H](OC)/C=C\C=C(\C)C2. The number of phenolic OH excluding ortho intramolecular Hbond substituents is 1. The Labute approximate surface area is 727 Å². The number of hydrogen-bond acceptors (Lipinski definition) is 26. The molecule has 34 nitrogen and oxygen atoms in total. The van der Waals surface area contributed by atoms with E-state index in [0.29, 0.717) is 46.0 Å². The summed E-state index contributed by atoms with van der Waals surface area (Å²) in [7, 11) is 9.72. The molecular formula is C83H109ClN14O20S4. The summed E-state index contributed by atoms with van der Waals surface area (Å²) in [5.41, 5.74) is 19.2. The van der Waals surface area contributed by atoms with Crippen LogP contribution in [0.3, 0.4) is 0 Å². The van der Waals surface area contributed by atoms with Gasteiger partial charge in [-0.25, -0.2) is 9.59 Å². The molecule has 0 radical (unpaired) electrons. The summed E-state index contributed by atoms with van der Waals surface area (Å²) in [4.78, 5) is 179. The maximum Gasteiger partial charge on any atom is 0.409 e. The Bertz CT molecular complexity index is 4630. The number of carbonyl (C=O) groups excluding carboxylic acids is 12. The summed E-state index contributed by atoms with van der Waals surface area (Å²) in [6, 6.07) is 12.0. The predicted molar refractivity (Wildman–Crippen MR) is 465 cm³/mol. The van der Waals surface area contributed by atoms with Crippen LogP contribution in [0.2, 0.25) is 5.02 Å². The van der Waals surface area contributed by atoms with Crippen molar-refractivity contribution in [1.82, 2.24) is 52.4 Å². The van der Waals surface area contributed by atoms with Crippen LogP contribution < -0.4 is 69.4 Å². The number of rotatable bonds is 27. The number of likely N-dealkylation sites (N-methyl/N-ethyl adjacent to an activating group) is 1. The highest BCUT2D eigenvalue weighted by molar-refractivity contribution is 8.77. The van der Waals surface area contributed by atoms with Gasteiger partial charge in [0.15, 0.2) is 5.72 Å². The fourth-order valence-electron chi connectivity index (χ4n) is 14.3. The number of methoxy groups -OCH3 is 2. The Balaban J connectivity index is 0.910. The van der Waals surface area contributed by atoms with Crippen molar-refractivity contribution in [3.63, 3.8) is 0 Å². The molecule has 4 unspecified atom stereocenters. The topological polar surface area (TPSA) is 512 Å². The lowest BCUT2D eigenvalue weighted by Crippen LogP contribution is -2.63. The molecule has 11 amide bonds. The van der Waals surface area contributed by atoms with Crippen LogP contribution in [0, 0.1) is 5.92 Å². The first-order chi connectivity index (χ1) is 58.0. The number of primary amides is 1. The number of benzene rings is 4. The average molecular weight is 1790 g/mol. The van der Waals surface area contributed by atoms with Gasteiger partial charge < -0.3 is 108 Å². The minimum absolute atomic E-state index is 0.0522. The number of nitrogens with two attached hydrogens (primary N) is 3. The molecule has 3 saturated heterocycles. The molecule has 4 aliphatic rings. The highest BCUT2D eigenvalue weighted by atomic mass is 35.5. The molecule has 5 aromatic rings. The van der Waals surface area contributed by atoms with Gasteiger partial charge in [0.2, 0.25) is 59.1 Å². The predicted octanol–water partition coefficient (Wildman–Crippen LogP) is 3.31. The van der Waals surface area contributed by atoms with E-state index in [2.05, 4.69) is 47.5 Å². The molecule has 17 atom stereocenters. The van der Waals surface area contributed by atoms with Crippen LogP contribution in [0.5, 0.6) is 11.5 Å². The summed E-state index contributed by atoms with van der Waals surface area (Å²) in [6.45, 7) is 8.07. The lowest BCUT2D eigenvalue weighted by atomic mass is 9.83. The molecule has 9 rings (SSSR count). The minimum Gasteiger partial charge on any atom is -0.508 e. The first kappa shape index (κ1) is 96.2. The second-order valence-corrected chi connectivity index (χ2v) is 36.4. The Morgan fingerprint density at radius 2 is 1.52 bits per heavy atom. The number of nitrogens with one attached hydrogen (secondary N) is 9. The number of epoxide rings is 1. The van der Waals surface area contributed by atoms with Gasteiger partial charge >= 0.3 is 12.1 Å². The summed E-state index contributed by atoms with van der Waals surface area (Å²) < 4.78 is 29.7. The number of H-pyrrole nitrogens is 1. The zero-order valence-corrected chi connectivity index (χ0v) is 73.2. The Morgan fingerprint density at radius 3 is 2.20 bits per heavy atom. The highest BCUT2D eigenvalue weighted by Crippen LogP contribution is 2.49. The quantitative estimate of drug-likeness (QED) is 0.0155. The normalized spacial score (nSPS) is 26.5. The number of nitrogens with zero attached hydrogens (tertiary/aromatic N) is 2. The molecule has 4 bridgehead atoms. The van der Waals surface area contributed by atoms with Crippen molar-refractivity contribution in [3.05, 3.63) is 148 Å². The van der Waals surface area contributed by atoms with E-state index in [1.807, 2.05) is 19.1 Å². The average Bonchev–Trinajstić information content (AvgIpc) is 1.57. The molecule has 39 heteroatoms. The maximum absolute atomic E-state index is 15.1. The van der Waals surface area contributed by atoms with Gasteiger partial charge in [0.1, 0.15) is 88.8 Å². The summed E-state index contributed by atoms with van der Waals surface area (Å²) in [6.07, 6.45) is -0.267. The molecule has 18 N–H and O–H groups in total. The third kappa shape index (κ3) is 26.0. The van der Waals surface area contributed by atoms with Crippen LogP contribution in [0.15, 0.2) is 121 Å². The number of ether oxygens (including phenoxy) is 5. The third-order valence-electron chi connectivity index (χ3n) is 21.7. The molecular weight excluding hydrogens is 1680 g/mol. The smallest absolute Gasteiger partial charge is 0.409 e. The standard InChI is InChI=1S/C83H109ClN14O20S4/c1-44-18-17-24-65(115-9)83(113)39-64(116-81(112)96-83)45(2)71-82(5,118-71)66(38-68(102)98(7)62-35-50(32-44)36-63(114-8)69(62)84)117-80(111)46(3)97(6)67(101)29-31-119-120-41-59(72(87)103)92-78(109)61-43-122-121-42-60(93-73(104)54(86)33-48-19-11-10-12-20-48)77(108)90-57(34-49-25-27-52(100)28-26-49)75(106)91-58(37-51-40-88-55-22-14-13-21-53(51)55)76(107)89-56(23-15-16-30-85)74(105)95-70(47(4)99)79(110)94-61/h10-14,17-22,24-28,35-36,40,45-47,54,56-61,64-66,70-71,88,99-100,113H,15-16,23,29-34,37-39,41-43,85-86H2,1-9H3,(H2,87,103)(H,89,107)(H,90,108)(H,91,106)(H,92,109)(H,93,104)(H,94,110)(H,95,105)(H,96,112)/b24-17-,44-18-/t45-,46+,47-,54-,56?,57?,58-,59+,60?,61?,64+,65-,66+,70+,71+,82+,83+/m1/s1. The van der Waals surface area contributed by atoms with E-state index in [-0.39, 0.29) is 96.7 Å². The molecule has 122 heavy (non-hydrogen) atoms. The maximum atomic E-state index is 15.1. The number of amides is 11. The van der Waals surface area contributed by atoms with Gasteiger partial charge in [-0.3, -0.25) is 53.3 Å². The number of aromatic hydroxyl groups is 1. The number of aliphatic hydroxyl groups is 2. The number of anilines is 1. The second kappa shape index (κ2) is 44.6. The van der Waals surface area contributed by atoms with Gasteiger partial charge in [-0.2, -0.15) is 0 Å². The number of aliphatic hydroxyl groups excluding tert-OH is 1. The van der Waals surface area contributed by atoms with Crippen molar-refractivity contribution >= 4 is 143 Å². The van der Waals surface area contributed by atoms with Crippen molar-refractivity contribution in [1.29, 1.82) is 0 Å². The van der Waals surface area contributed by atoms with Crippen molar-refractivity contribution < 1.29 is 96.5 Å². The van der Waals surface area contributed by atoms with Crippen molar-refractivity contribution in [3.8, 4) is 11.5 Å². The van der Waals surface area contributed by atoms with Crippen LogP contribution in [0.4, 0.5) is 10.5 Å². The Kier molecular flexibility index (Phi) is 35.2. The molecule has 0 saturated carbocycles. The molecule has 0 aliphatic carbocycles. The van der Waals surface area contributed by atoms with Crippen LogP contribution in [0.25, 0.3) is 10.9 Å². The summed E-state index contributed by atoms with van der Waals surface area (Å²) in [5, 5.41) is 55.7. The first-order valence-corrected chi connectivity index (χ1v) is 45.2. The second-order valence-electron chi connectivity index (χ2n) is 30.8. The number of carbonyl (C=O) groups is 12. The van der Waals surface area contributed by atoms with E-state index >= 15 is 9.59 Å². The number of aromatic nitrogens is 1. The van der Waals surface area contributed by atoms with E-state index in [9.17, 15) is 63.3 Å². The van der Waals surface area contributed by atoms with Crippen LogP contribution >= 0.6 is 54.8 Å². The number of phenols is 1. The van der Waals surface area contributed by atoms with Crippen molar-refractivity contribution in [2.45, 2.75) is 195 Å². The van der Waals surface area contributed by atoms with Gasteiger partial charge in [-0.15, -0.1) is 0 Å². The molecule has 3 fully saturated rings. The summed E-state index contributed by atoms with van der Waals surface area (Å²) >= 11 is 6.89. The van der Waals surface area contributed by atoms with E-state index in [1.54, 1.807) is 92.9 Å². The lowest BCUT2D eigenvalue weighted by Gasteiger charge is -2.42. The first-order valence-electron chi connectivity index (χ1n) is 39.8. The largest absolute Gasteiger partial charge is 0.508 e. The lowest BCUT2D eigenvalue weighted by molar-refractivity contribution is -0.162. The van der Waals surface area contributed by atoms with Crippen LogP contribution in [-0.4, -0.2) is 250 Å². The number of para-hydroxylation sites is 1.